The van der Waals surface area contributed by atoms with Crippen LogP contribution in [-0.2, 0) is 5.41 Å². The number of halogens is 1. The minimum Gasteiger partial charge on any atom is -0.492 e. The van der Waals surface area contributed by atoms with E-state index in [2.05, 4.69) is 59.5 Å². The van der Waals surface area contributed by atoms with Gasteiger partial charge in [-0.15, -0.1) is 0 Å². The molecular weight excluding hydrogens is 360 g/mol. The first-order valence-corrected chi connectivity index (χ1v) is 8.62. The fraction of sp³-hybridized carbons (Fsp3) is 0.588. The van der Waals surface area contributed by atoms with Gasteiger partial charge >= 0.3 is 6.03 Å². The molecule has 1 atom stereocenters. The van der Waals surface area contributed by atoms with E-state index in [4.69, 9.17) is 9.84 Å². The van der Waals surface area contributed by atoms with Crippen LogP contribution >= 0.6 is 15.9 Å². The first kappa shape index (κ1) is 19.8. The fourth-order valence-corrected chi connectivity index (χ4v) is 2.34. The van der Waals surface area contributed by atoms with E-state index >= 15 is 0 Å². The molecule has 0 heterocycles. The number of hydrogen-bond acceptors (Lipinski definition) is 3. The lowest BCUT2D eigenvalue weighted by molar-refractivity contribution is 0.187. The highest BCUT2D eigenvalue weighted by Crippen LogP contribution is 2.31. The van der Waals surface area contributed by atoms with Crippen LogP contribution in [0.4, 0.5) is 4.79 Å². The molecule has 0 fully saturated rings. The Morgan fingerprint density at radius 2 is 2.04 bits per heavy atom. The standard InChI is InChI=1S/C17H27BrN2O3/c1-12(21)11-20-16(22)19-8-5-9-23-15-7-6-13(10-14(15)18)17(2,3)4/h6-7,10,12,21H,5,8-9,11H2,1-4H3,(H2,19,20,22). The highest BCUT2D eigenvalue weighted by atomic mass is 79.9. The molecule has 1 rings (SSSR count). The van der Waals surface area contributed by atoms with Crippen LogP contribution in [0.3, 0.4) is 0 Å². The van der Waals surface area contributed by atoms with Crippen molar-refractivity contribution in [2.45, 2.75) is 45.6 Å². The second-order valence-electron chi connectivity index (χ2n) is 6.58. The molecule has 6 heteroatoms. The minimum absolute atomic E-state index is 0.102. The van der Waals surface area contributed by atoms with Crippen LogP contribution in [0.25, 0.3) is 0 Å². The largest absolute Gasteiger partial charge is 0.492 e. The van der Waals surface area contributed by atoms with Crippen LogP contribution in [0.5, 0.6) is 5.75 Å². The van der Waals surface area contributed by atoms with Crippen molar-refractivity contribution in [2.24, 2.45) is 0 Å². The van der Waals surface area contributed by atoms with Gasteiger partial charge in [-0.3, -0.25) is 0 Å². The predicted molar refractivity (Wildman–Crippen MR) is 96.0 cm³/mol. The number of benzene rings is 1. The van der Waals surface area contributed by atoms with E-state index < -0.39 is 6.10 Å². The maximum absolute atomic E-state index is 11.4. The number of urea groups is 1. The van der Waals surface area contributed by atoms with Crippen molar-refractivity contribution in [1.29, 1.82) is 0 Å². The van der Waals surface area contributed by atoms with E-state index in [9.17, 15) is 4.79 Å². The topological polar surface area (TPSA) is 70.6 Å². The molecule has 0 aliphatic heterocycles. The Balaban J connectivity index is 2.30. The molecule has 0 aromatic heterocycles. The number of nitrogens with one attached hydrogen (secondary N) is 2. The highest BCUT2D eigenvalue weighted by Gasteiger charge is 2.15. The molecule has 5 nitrogen and oxygen atoms in total. The van der Waals surface area contributed by atoms with Gasteiger partial charge in [0, 0.05) is 13.1 Å². The van der Waals surface area contributed by atoms with Crippen molar-refractivity contribution in [3.8, 4) is 5.75 Å². The van der Waals surface area contributed by atoms with E-state index in [1.165, 1.54) is 5.56 Å². The zero-order valence-electron chi connectivity index (χ0n) is 14.3. The van der Waals surface area contributed by atoms with Gasteiger partial charge in [-0.25, -0.2) is 4.79 Å². The summed E-state index contributed by atoms with van der Waals surface area (Å²) in [5.74, 6) is 0.802. The average Bonchev–Trinajstić information content (AvgIpc) is 2.45. The van der Waals surface area contributed by atoms with Gasteiger partial charge in [0.25, 0.3) is 0 Å². The zero-order valence-corrected chi connectivity index (χ0v) is 15.9. The van der Waals surface area contributed by atoms with Gasteiger partial charge in [0.15, 0.2) is 0 Å². The summed E-state index contributed by atoms with van der Waals surface area (Å²) in [7, 11) is 0. The molecular formula is C17H27BrN2O3. The maximum atomic E-state index is 11.4. The number of carbonyl (C=O) groups is 1. The van der Waals surface area contributed by atoms with Crippen LogP contribution in [0.1, 0.15) is 39.7 Å². The first-order chi connectivity index (χ1) is 10.7. The smallest absolute Gasteiger partial charge is 0.314 e. The molecule has 3 N–H and O–H groups in total. The molecule has 0 saturated heterocycles. The molecule has 0 aliphatic carbocycles. The Labute approximate surface area is 146 Å². The maximum Gasteiger partial charge on any atom is 0.314 e. The minimum atomic E-state index is -0.544. The zero-order chi connectivity index (χ0) is 17.5. The van der Waals surface area contributed by atoms with Crippen molar-refractivity contribution in [2.75, 3.05) is 19.7 Å². The summed E-state index contributed by atoms with van der Waals surface area (Å²) in [6.07, 6.45) is 0.160. The Kier molecular flexibility index (Phi) is 7.85. The quantitative estimate of drug-likeness (QED) is 0.630. The molecule has 130 valence electrons. The molecule has 0 aliphatic rings. The average molecular weight is 387 g/mol. The molecule has 0 bridgehead atoms. The second kappa shape index (κ2) is 9.13. The van der Waals surface area contributed by atoms with Gasteiger partial charge in [-0.05, 0) is 52.4 Å². The van der Waals surface area contributed by atoms with Gasteiger partial charge in [0.05, 0.1) is 17.2 Å². The molecule has 0 radical (unpaired) electrons. The highest BCUT2D eigenvalue weighted by molar-refractivity contribution is 9.10. The predicted octanol–water partition coefficient (Wildman–Crippen LogP) is 3.20. The lowest BCUT2D eigenvalue weighted by Gasteiger charge is -2.20. The van der Waals surface area contributed by atoms with Crippen LogP contribution in [0.15, 0.2) is 22.7 Å². The van der Waals surface area contributed by atoms with Crippen molar-refractivity contribution < 1.29 is 14.6 Å². The lowest BCUT2D eigenvalue weighted by Crippen LogP contribution is -2.39. The number of aliphatic hydroxyl groups excluding tert-OH is 1. The number of amides is 2. The van der Waals surface area contributed by atoms with Crippen molar-refractivity contribution >= 4 is 22.0 Å². The van der Waals surface area contributed by atoms with Gasteiger partial charge in [0.1, 0.15) is 5.75 Å². The van der Waals surface area contributed by atoms with Gasteiger partial charge in [0.2, 0.25) is 0 Å². The van der Waals surface area contributed by atoms with Gasteiger partial charge in [-0.1, -0.05) is 26.8 Å². The number of carbonyl (C=O) groups excluding carboxylic acids is 1. The molecule has 0 saturated carbocycles. The number of rotatable bonds is 7. The number of hydrogen-bond donors (Lipinski definition) is 3. The molecule has 2 amide bonds. The SMILES string of the molecule is CC(O)CNC(=O)NCCCOc1ccc(C(C)(C)C)cc1Br. The third-order valence-electron chi connectivity index (χ3n) is 3.22. The Morgan fingerprint density at radius 3 is 2.61 bits per heavy atom. The van der Waals surface area contributed by atoms with Crippen LogP contribution < -0.4 is 15.4 Å². The summed E-state index contributed by atoms with van der Waals surface area (Å²) in [6, 6.07) is 5.84. The second-order valence-corrected chi connectivity index (χ2v) is 7.44. The van der Waals surface area contributed by atoms with Gasteiger partial charge in [-0.2, -0.15) is 0 Å². The van der Waals surface area contributed by atoms with Crippen LogP contribution in [-0.4, -0.2) is 36.9 Å². The fourth-order valence-electron chi connectivity index (χ4n) is 1.84. The molecule has 1 aromatic carbocycles. The van der Waals surface area contributed by atoms with E-state index in [1.807, 2.05) is 6.07 Å². The molecule has 0 spiro atoms. The lowest BCUT2D eigenvalue weighted by atomic mass is 9.87. The van der Waals surface area contributed by atoms with Crippen molar-refractivity contribution in [3.05, 3.63) is 28.2 Å². The van der Waals surface area contributed by atoms with E-state index in [0.29, 0.717) is 19.6 Å². The summed E-state index contributed by atoms with van der Waals surface area (Å²) in [5, 5.41) is 14.4. The Morgan fingerprint density at radius 1 is 1.35 bits per heavy atom. The van der Waals surface area contributed by atoms with E-state index in [0.717, 1.165) is 10.2 Å². The molecule has 23 heavy (non-hydrogen) atoms. The van der Waals surface area contributed by atoms with E-state index in [1.54, 1.807) is 6.92 Å². The molecule has 1 unspecified atom stereocenters. The third kappa shape index (κ3) is 7.70. The normalized spacial score (nSPS) is 12.6. The Hall–Kier alpha value is -1.27. The molecule has 1 aromatic rings. The van der Waals surface area contributed by atoms with Crippen molar-refractivity contribution in [3.63, 3.8) is 0 Å². The number of ether oxygens (including phenoxy) is 1. The summed E-state index contributed by atoms with van der Waals surface area (Å²) in [5.41, 5.74) is 1.35. The van der Waals surface area contributed by atoms with Gasteiger partial charge < -0.3 is 20.5 Å². The number of aliphatic hydroxyl groups is 1. The van der Waals surface area contributed by atoms with E-state index in [-0.39, 0.29) is 18.0 Å². The van der Waals surface area contributed by atoms with Crippen molar-refractivity contribution in [1.82, 2.24) is 10.6 Å². The monoisotopic (exact) mass is 386 g/mol. The summed E-state index contributed by atoms with van der Waals surface area (Å²) in [4.78, 5) is 11.4. The summed E-state index contributed by atoms with van der Waals surface area (Å²) < 4.78 is 6.66. The first-order valence-electron chi connectivity index (χ1n) is 7.82. The summed E-state index contributed by atoms with van der Waals surface area (Å²) in [6.45, 7) is 9.41. The third-order valence-corrected chi connectivity index (χ3v) is 3.84. The van der Waals surface area contributed by atoms with Crippen LogP contribution in [0, 0.1) is 0 Å². The summed E-state index contributed by atoms with van der Waals surface area (Å²) >= 11 is 3.54. The Bertz CT molecular complexity index is 513. The van der Waals surface area contributed by atoms with Crippen LogP contribution in [0.2, 0.25) is 0 Å².